The van der Waals surface area contributed by atoms with E-state index in [1.54, 1.807) is 6.92 Å². The average molecular weight is 291 g/mol. The van der Waals surface area contributed by atoms with E-state index >= 15 is 0 Å². The summed E-state index contributed by atoms with van der Waals surface area (Å²) < 4.78 is 0. The molecule has 1 aliphatic carbocycles. The summed E-state index contributed by atoms with van der Waals surface area (Å²) in [5, 5.41) is 9.49. The van der Waals surface area contributed by atoms with Crippen LogP contribution in [0, 0.1) is 13.8 Å². The molecule has 0 radical (unpaired) electrons. The Labute approximate surface area is 126 Å². The Kier molecular flexibility index (Phi) is 4.23. The Bertz CT molecular complexity index is 551. The third-order valence-corrected chi connectivity index (χ3v) is 4.70. The number of carbonyl (C=O) groups is 1. The lowest BCUT2D eigenvalue weighted by molar-refractivity contribution is 0.0670. The van der Waals surface area contributed by atoms with E-state index in [1.807, 2.05) is 20.0 Å². The molecule has 1 aromatic heterocycles. The molecule has 21 heavy (non-hydrogen) atoms. The summed E-state index contributed by atoms with van der Waals surface area (Å²) >= 11 is 0. The number of carboxylic acid groups (broad SMARTS) is 1. The number of carboxylic acids is 1. The molecule has 0 unspecified atom stereocenters. The molecule has 0 amide bonds. The van der Waals surface area contributed by atoms with Gasteiger partial charge >= 0.3 is 5.97 Å². The maximum absolute atomic E-state index is 11.6. The number of anilines is 1. The minimum Gasteiger partial charge on any atom is -0.478 e. The van der Waals surface area contributed by atoms with Crippen molar-refractivity contribution >= 4 is 11.7 Å². The first kappa shape index (κ1) is 15.8. The lowest BCUT2D eigenvalue weighted by Crippen LogP contribution is -2.57. The standard InChI is InChI=1S/C16H25N3O2/c1-11-9-13(14(15(20)21)12(2)17-11)19(5)10-16(18(3)4)7-6-8-16/h9H,6-8,10H2,1-5H3,(H,20,21). The van der Waals surface area contributed by atoms with Gasteiger partial charge in [-0.1, -0.05) is 0 Å². The fourth-order valence-corrected chi connectivity index (χ4v) is 3.23. The molecular weight excluding hydrogens is 266 g/mol. The van der Waals surface area contributed by atoms with Gasteiger partial charge in [-0.15, -0.1) is 0 Å². The lowest BCUT2D eigenvalue weighted by atomic mass is 9.75. The second kappa shape index (κ2) is 5.64. The van der Waals surface area contributed by atoms with E-state index in [2.05, 4.69) is 28.9 Å². The molecular formula is C16H25N3O2. The fraction of sp³-hybridized carbons (Fsp3) is 0.625. The van der Waals surface area contributed by atoms with Gasteiger partial charge in [0.25, 0.3) is 0 Å². The molecule has 116 valence electrons. The molecule has 0 atom stereocenters. The highest BCUT2D eigenvalue weighted by Crippen LogP contribution is 2.38. The van der Waals surface area contributed by atoms with Crippen LogP contribution in [0.3, 0.4) is 0 Å². The Morgan fingerprint density at radius 1 is 1.33 bits per heavy atom. The Balaban J connectivity index is 2.35. The molecule has 0 saturated heterocycles. The van der Waals surface area contributed by atoms with Crippen LogP contribution < -0.4 is 4.90 Å². The topological polar surface area (TPSA) is 56.7 Å². The second-order valence-corrected chi connectivity index (χ2v) is 6.38. The van der Waals surface area contributed by atoms with Gasteiger partial charge in [0.1, 0.15) is 5.56 Å². The molecule has 1 N–H and O–H groups in total. The molecule has 2 rings (SSSR count). The van der Waals surface area contributed by atoms with E-state index in [1.165, 1.54) is 6.42 Å². The van der Waals surface area contributed by atoms with Gasteiger partial charge in [0.2, 0.25) is 0 Å². The first-order valence-electron chi connectivity index (χ1n) is 7.37. The van der Waals surface area contributed by atoms with Crippen molar-refractivity contribution in [2.24, 2.45) is 0 Å². The van der Waals surface area contributed by atoms with Crippen molar-refractivity contribution in [3.05, 3.63) is 23.0 Å². The molecule has 1 heterocycles. The number of aryl methyl sites for hydroxylation is 2. The molecule has 1 saturated carbocycles. The van der Waals surface area contributed by atoms with E-state index in [0.717, 1.165) is 30.8 Å². The zero-order valence-electron chi connectivity index (χ0n) is 13.6. The maximum atomic E-state index is 11.6. The summed E-state index contributed by atoms with van der Waals surface area (Å²) in [7, 11) is 6.19. The van der Waals surface area contributed by atoms with Gasteiger partial charge in [0.15, 0.2) is 0 Å². The zero-order chi connectivity index (χ0) is 15.8. The van der Waals surface area contributed by atoms with Crippen LogP contribution in [0.15, 0.2) is 6.07 Å². The van der Waals surface area contributed by atoms with Crippen LogP contribution in [-0.2, 0) is 0 Å². The predicted octanol–water partition coefficient (Wildman–Crippen LogP) is 2.32. The lowest BCUT2D eigenvalue weighted by Gasteiger charge is -2.49. The molecule has 5 heteroatoms. The normalized spacial score (nSPS) is 16.7. The van der Waals surface area contributed by atoms with Crippen molar-refractivity contribution in [3.63, 3.8) is 0 Å². The molecule has 5 nitrogen and oxygen atoms in total. The fourth-order valence-electron chi connectivity index (χ4n) is 3.23. The number of aromatic nitrogens is 1. The van der Waals surface area contributed by atoms with Gasteiger partial charge in [-0.3, -0.25) is 4.98 Å². The van der Waals surface area contributed by atoms with Gasteiger partial charge < -0.3 is 14.9 Å². The summed E-state index contributed by atoms with van der Waals surface area (Å²) in [4.78, 5) is 20.2. The van der Waals surface area contributed by atoms with Crippen molar-refractivity contribution in [1.82, 2.24) is 9.88 Å². The number of aromatic carboxylic acids is 1. The van der Waals surface area contributed by atoms with Crippen LogP contribution in [0.4, 0.5) is 5.69 Å². The highest BCUT2D eigenvalue weighted by Gasteiger charge is 2.40. The third kappa shape index (κ3) is 2.88. The predicted molar refractivity (Wildman–Crippen MR) is 84.2 cm³/mol. The molecule has 0 bridgehead atoms. The number of pyridine rings is 1. The maximum Gasteiger partial charge on any atom is 0.339 e. The van der Waals surface area contributed by atoms with Crippen LogP contribution in [0.2, 0.25) is 0 Å². The molecule has 1 fully saturated rings. The molecule has 0 aromatic carbocycles. The summed E-state index contributed by atoms with van der Waals surface area (Å²) in [5.41, 5.74) is 2.68. The van der Waals surface area contributed by atoms with E-state index in [0.29, 0.717) is 11.3 Å². The monoisotopic (exact) mass is 291 g/mol. The summed E-state index contributed by atoms with van der Waals surface area (Å²) in [6, 6.07) is 1.87. The number of hydrogen-bond donors (Lipinski definition) is 1. The van der Waals surface area contributed by atoms with Crippen LogP contribution in [0.25, 0.3) is 0 Å². The van der Waals surface area contributed by atoms with E-state index in [-0.39, 0.29) is 5.54 Å². The van der Waals surface area contributed by atoms with E-state index < -0.39 is 5.97 Å². The Morgan fingerprint density at radius 3 is 2.38 bits per heavy atom. The van der Waals surface area contributed by atoms with Crippen molar-refractivity contribution in [1.29, 1.82) is 0 Å². The quantitative estimate of drug-likeness (QED) is 0.902. The van der Waals surface area contributed by atoms with Gasteiger partial charge in [-0.05, 0) is 53.3 Å². The Hall–Kier alpha value is -1.62. The zero-order valence-corrected chi connectivity index (χ0v) is 13.6. The van der Waals surface area contributed by atoms with Crippen LogP contribution in [0.5, 0.6) is 0 Å². The van der Waals surface area contributed by atoms with Gasteiger partial charge in [-0.2, -0.15) is 0 Å². The first-order chi connectivity index (χ1) is 9.77. The van der Waals surface area contributed by atoms with Gasteiger partial charge in [0.05, 0.1) is 11.4 Å². The van der Waals surface area contributed by atoms with Crippen LogP contribution in [-0.4, -0.2) is 54.2 Å². The number of likely N-dealkylation sites (N-methyl/N-ethyl adjacent to an activating group) is 2. The van der Waals surface area contributed by atoms with Gasteiger partial charge in [-0.25, -0.2) is 4.79 Å². The summed E-state index contributed by atoms with van der Waals surface area (Å²) in [6.45, 7) is 4.50. The molecule has 0 aliphatic heterocycles. The first-order valence-corrected chi connectivity index (χ1v) is 7.37. The van der Waals surface area contributed by atoms with Crippen molar-refractivity contribution in [2.75, 3.05) is 32.6 Å². The minimum atomic E-state index is -0.908. The third-order valence-electron chi connectivity index (χ3n) is 4.70. The van der Waals surface area contributed by atoms with Gasteiger partial charge in [0, 0.05) is 24.8 Å². The Morgan fingerprint density at radius 2 is 1.95 bits per heavy atom. The number of nitrogens with zero attached hydrogens (tertiary/aromatic N) is 3. The largest absolute Gasteiger partial charge is 0.478 e. The van der Waals surface area contributed by atoms with Crippen LogP contribution >= 0.6 is 0 Å². The second-order valence-electron chi connectivity index (χ2n) is 6.38. The van der Waals surface area contributed by atoms with Crippen LogP contribution in [0.1, 0.15) is 41.0 Å². The average Bonchev–Trinajstić information content (AvgIpc) is 2.31. The molecule has 1 aromatic rings. The highest BCUT2D eigenvalue weighted by molar-refractivity contribution is 5.95. The van der Waals surface area contributed by atoms with E-state index in [4.69, 9.17) is 0 Å². The van der Waals surface area contributed by atoms with E-state index in [9.17, 15) is 9.90 Å². The van der Waals surface area contributed by atoms with Crippen molar-refractivity contribution < 1.29 is 9.90 Å². The SMILES string of the molecule is Cc1cc(N(C)CC2(N(C)C)CCC2)c(C(=O)O)c(C)n1. The smallest absolute Gasteiger partial charge is 0.339 e. The summed E-state index contributed by atoms with van der Waals surface area (Å²) in [5.74, 6) is -0.908. The number of hydrogen-bond acceptors (Lipinski definition) is 4. The number of rotatable bonds is 5. The van der Waals surface area contributed by atoms with Crippen molar-refractivity contribution in [2.45, 2.75) is 38.6 Å². The van der Waals surface area contributed by atoms with Crippen molar-refractivity contribution in [3.8, 4) is 0 Å². The molecule has 0 spiro atoms. The minimum absolute atomic E-state index is 0.162. The summed E-state index contributed by atoms with van der Waals surface area (Å²) in [6.07, 6.45) is 3.57. The highest BCUT2D eigenvalue weighted by atomic mass is 16.4. The molecule has 1 aliphatic rings.